The van der Waals surface area contributed by atoms with Gasteiger partial charge in [-0.25, -0.2) is 0 Å². The lowest BCUT2D eigenvalue weighted by atomic mass is 10.0. The van der Waals surface area contributed by atoms with Crippen molar-refractivity contribution in [1.82, 2.24) is 10.2 Å². The van der Waals surface area contributed by atoms with Gasteiger partial charge in [0.15, 0.2) is 5.79 Å². The number of benzene rings is 1. The number of likely N-dealkylation sites (tertiary alicyclic amines) is 1. The van der Waals surface area contributed by atoms with E-state index in [0.717, 1.165) is 37.2 Å². The molecule has 0 radical (unpaired) electrons. The number of nitrogens with zero attached hydrogens (tertiary/aromatic N) is 1. The molecule has 1 amide bonds. The van der Waals surface area contributed by atoms with E-state index in [1.165, 1.54) is 0 Å². The fourth-order valence-electron chi connectivity index (χ4n) is 3.38. The second kappa shape index (κ2) is 7.51. The molecule has 0 saturated carbocycles. The van der Waals surface area contributed by atoms with Gasteiger partial charge in [-0.05, 0) is 13.0 Å². The van der Waals surface area contributed by atoms with Crippen molar-refractivity contribution < 1.29 is 19.0 Å². The summed E-state index contributed by atoms with van der Waals surface area (Å²) >= 11 is 0. The van der Waals surface area contributed by atoms with Gasteiger partial charge < -0.3 is 19.5 Å². The monoisotopic (exact) mass is 334 g/mol. The second-order valence-corrected chi connectivity index (χ2v) is 6.35. The maximum atomic E-state index is 12.5. The Kier molecular flexibility index (Phi) is 5.38. The highest BCUT2D eigenvalue weighted by Gasteiger charge is 2.41. The summed E-state index contributed by atoms with van der Waals surface area (Å²) in [5.41, 5.74) is 0.978. The fraction of sp³-hybridized carbons (Fsp3) is 0.611. The van der Waals surface area contributed by atoms with Gasteiger partial charge in [-0.3, -0.25) is 9.69 Å². The summed E-state index contributed by atoms with van der Waals surface area (Å²) in [6, 6.07) is 7.56. The number of hydrogen-bond donors (Lipinski definition) is 1. The van der Waals surface area contributed by atoms with Crippen LogP contribution in [-0.2, 0) is 20.8 Å². The van der Waals surface area contributed by atoms with Gasteiger partial charge in [0.2, 0.25) is 5.91 Å². The van der Waals surface area contributed by atoms with Crippen LogP contribution in [-0.4, -0.2) is 56.0 Å². The number of hydrogen-bond acceptors (Lipinski definition) is 5. The van der Waals surface area contributed by atoms with E-state index in [9.17, 15) is 4.79 Å². The van der Waals surface area contributed by atoms with Crippen LogP contribution in [0.25, 0.3) is 0 Å². The molecule has 6 nitrogen and oxygen atoms in total. The van der Waals surface area contributed by atoms with E-state index in [1.807, 2.05) is 31.2 Å². The summed E-state index contributed by atoms with van der Waals surface area (Å²) in [6.45, 7) is 5.39. The smallest absolute Gasteiger partial charge is 0.237 e. The molecule has 2 heterocycles. The minimum Gasteiger partial charge on any atom is -0.496 e. The third-order valence-corrected chi connectivity index (χ3v) is 4.95. The number of para-hydroxylation sites is 1. The Hall–Kier alpha value is -1.63. The van der Waals surface area contributed by atoms with E-state index < -0.39 is 5.79 Å². The van der Waals surface area contributed by atoms with Crippen LogP contribution in [0.15, 0.2) is 24.3 Å². The average Bonchev–Trinajstić information content (AvgIpc) is 3.08. The summed E-state index contributed by atoms with van der Waals surface area (Å²) in [5.74, 6) is 0.426. The molecule has 2 aliphatic rings. The molecular formula is C18H26N2O4. The first kappa shape index (κ1) is 17.2. The Balaban J connectivity index is 1.50. The van der Waals surface area contributed by atoms with Crippen LogP contribution in [0, 0.1) is 0 Å². The van der Waals surface area contributed by atoms with Gasteiger partial charge in [-0.1, -0.05) is 18.2 Å². The zero-order chi connectivity index (χ0) is 17.0. The fourth-order valence-corrected chi connectivity index (χ4v) is 3.38. The third-order valence-electron chi connectivity index (χ3n) is 4.95. The maximum absolute atomic E-state index is 12.5. The van der Waals surface area contributed by atoms with E-state index in [0.29, 0.717) is 19.8 Å². The summed E-state index contributed by atoms with van der Waals surface area (Å²) < 4.78 is 16.8. The first-order valence-electron chi connectivity index (χ1n) is 8.55. The van der Waals surface area contributed by atoms with Gasteiger partial charge in [0.25, 0.3) is 0 Å². The largest absolute Gasteiger partial charge is 0.496 e. The molecule has 6 heteroatoms. The second-order valence-electron chi connectivity index (χ2n) is 6.35. The standard InChI is InChI=1S/C18H26N2O4/c1-14(20-9-7-18(8-10-20)23-11-12-24-18)17(21)19-13-15-5-3-4-6-16(15)22-2/h3-6,14H,7-13H2,1-2H3,(H,19,21). The van der Waals surface area contributed by atoms with E-state index in [-0.39, 0.29) is 11.9 Å². The number of carbonyl (C=O) groups excluding carboxylic acids is 1. The molecule has 2 aliphatic heterocycles. The van der Waals surface area contributed by atoms with E-state index in [2.05, 4.69) is 10.2 Å². The molecule has 1 atom stereocenters. The van der Waals surface area contributed by atoms with Gasteiger partial charge >= 0.3 is 0 Å². The minimum absolute atomic E-state index is 0.0325. The van der Waals surface area contributed by atoms with Crippen LogP contribution < -0.4 is 10.1 Å². The van der Waals surface area contributed by atoms with Gasteiger partial charge in [-0.15, -0.1) is 0 Å². The lowest BCUT2D eigenvalue weighted by molar-refractivity contribution is -0.188. The first-order valence-corrected chi connectivity index (χ1v) is 8.55. The number of rotatable bonds is 5. The molecule has 24 heavy (non-hydrogen) atoms. The Morgan fingerprint density at radius 3 is 2.62 bits per heavy atom. The molecule has 0 aliphatic carbocycles. The molecule has 2 fully saturated rings. The molecule has 132 valence electrons. The molecule has 2 saturated heterocycles. The molecular weight excluding hydrogens is 308 g/mol. The van der Waals surface area contributed by atoms with Crippen molar-refractivity contribution in [2.45, 2.75) is 38.1 Å². The zero-order valence-electron chi connectivity index (χ0n) is 14.4. The number of methoxy groups -OCH3 is 1. The third kappa shape index (κ3) is 3.71. The van der Waals surface area contributed by atoms with E-state index in [1.54, 1.807) is 7.11 Å². The molecule has 1 spiro atoms. The first-order chi connectivity index (χ1) is 11.6. The average molecular weight is 334 g/mol. The van der Waals surface area contributed by atoms with E-state index >= 15 is 0 Å². The van der Waals surface area contributed by atoms with Crippen LogP contribution in [0.2, 0.25) is 0 Å². The van der Waals surface area contributed by atoms with Crippen molar-refractivity contribution in [3.63, 3.8) is 0 Å². The number of nitrogens with one attached hydrogen (secondary N) is 1. The van der Waals surface area contributed by atoms with Crippen LogP contribution in [0.3, 0.4) is 0 Å². The lowest BCUT2D eigenvalue weighted by Crippen LogP contribution is -2.52. The van der Waals surface area contributed by atoms with Crippen molar-refractivity contribution in [2.24, 2.45) is 0 Å². The SMILES string of the molecule is COc1ccccc1CNC(=O)C(C)N1CCC2(CC1)OCCO2. The van der Waals surface area contributed by atoms with Crippen LogP contribution >= 0.6 is 0 Å². The van der Waals surface area contributed by atoms with Gasteiger partial charge in [0.1, 0.15) is 5.75 Å². The van der Waals surface area contributed by atoms with E-state index in [4.69, 9.17) is 14.2 Å². The molecule has 0 aromatic heterocycles. The molecule has 3 rings (SSSR count). The van der Waals surface area contributed by atoms with Crippen LogP contribution in [0.4, 0.5) is 0 Å². The predicted molar refractivity (Wildman–Crippen MR) is 89.7 cm³/mol. The van der Waals surface area contributed by atoms with Crippen LogP contribution in [0.5, 0.6) is 5.75 Å². The molecule has 1 aromatic carbocycles. The van der Waals surface area contributed by atoms with Gasteiger partial charge in [-0.2, -0.15) is 0 Å². The normalized spacial score (nSPS) is 21.6. The highest BCUT2D eigenvalue weighted by atomic mass is 16.7. The van der Waals surface area contributed by atoms with Crippen molar-refractivity contribution in [1.29, 1.82) is 0 Å². The zero-order valence-corrected chi connectivity index (χ0v) is 14.4. The molecule has 1 aromatic rings. The van der Waals surface area contributed by atoms with Crippen molar-refractivity contribution in [2.75, 3.05) is 33.4 Å². The molecule has 1 N–H and O–H groups in total. The Morgan fingerprint density at radius 1 is 1.29 bits per heavy atom. The Morgan fingerprint density at radius 2 is 1.96 bits per heavy atom. The summed E-state index contributed by atoms with van der Waals surface area (Å²) in [6.07, 6.45) is 1.63. The maximum Gasteiger partial charge on any atom is 0.237 e. The van der Waals surface area contributed by atoms with Gasteiger partial charge in [0.05, 0.1) is 26.4 Å². The van der Waals surface area contributed by atoms with Crippen molar-refractivity contribution in [3.8, 4) is 5.75 Å². The lowest BCUT2D eigenvalue weighted by Gasteiger charge is -2.39. The Labute approximate surface area is 143 Å². The number of ether oxygens (including phenoxy) is 3. The molecule has 1 unspecified atom stereocenters. The number of amides is 1. The topological polar surface area (TPSA) is 60.0 Å². The van der Waals surface area contributed by atoms with Crippen LogP contribution in [0.1, 0.15) is 25.3 Å². The summed E-state index contributed by atoms with van der Waals surface area (Å²) in [7, 11) is 1.64. The number of piperidine rings is 1. The quantitative estimate of drug-likeness (QED) is 0.885. The summed E-state index contributed by atoms with van der Waals surface area (Å²) in [4.78, 5) is 14.7. The highest BCUT2D eigenvalue weighted by molar-refractivity contribution is 5.81. The Bertz CT molecular complexity index is 562. The summed E-state index contributed by atoms with van der Waals surface area (Å²) in [5, 5.41) is 3.01. The minimum atomic E-state index is -0.399. The molecule has 0 bridgehead atoms. The number of carbonyl (C=O) groups is 1. The van der Waals surface area contributed by atoms with Crippen molar-refractivity contribution in [3.05, 3.63) is 29.8 Å². The van der Waals surface area contributed by atoms with Crippen molar-refractivity contribution >= 4 is 5.91 Å². The highest BCUT2D eigenvalue weighted by Crippen LogP contribution is 2.31. The van der Waals surface area contributed by atoms with Gasteiger partial charge in [0, 0.05) is 38.0 Å². The predicted octanol–water partition coefficient (Wildman–Crippen LogP) is 1.54.